The summed E-state index contributed by atoms with van der Waals surface area (Å²) >= 11 is 0. The number of guanidine groups is 2. The Balaban J connectivity index is 0.938. The number of hydrogen-bond donors (Lipinski definition) is 13. The second-order valence-corrected chi connectivity index (χ2v) is 23.3. The van der Waals surface area contributed by atoms with Crippen LogP contribution in [0.15, 0.2) is 58.5 Å². The average molecular weight is 1180 g/mol. The van der Waals surface area contributed by atoms with E-state index in [2.05, 4.69) is 36.6 Å². The van der Waals surface area contributed by atoms with Crippen LogP contribution in [0.5, 0.6) is 0 Å². The number of nitrogens with two attached hydrogens (primary N) is 5. The maximum Gasteiger partial charge on any atom is 0.326 e. The highest BCUT2D eigenvalue weighted by Gasteiger charge is 2.52. The van der Waals surface area contributed by atoms with E-state index in [-0.39, 0.29) is 82.2 Å². The van der Waals surface area contributed by atoms with Gasteiger partial charge < -0.3 is 85.3 Å². The SMILES string of the molecule is NC(N)=NCCC[C@@H](N)C(=O)N[C@@H](CCCN=C(N)N)C(=O)N1CCC[C@H]1C(=O)N1C[C@H](O)C[C@H]1C(=O)NCC(=O)N[C@H](C(=O)N[C@@H](CO)C(=O)N[C@@H](C(=O)N1[C@H](C(=O)O)C[C@@H]2CCCC[C@@H]21)C1CCc2ccccc21)C1CCc2ccccc21. The van der Waals surface area contributed by atoms with E-state index in [0.29, 0.717) is 51.4 Å². The second kappa shape index (κ2) is 28.8. The first-order chi connectivity index (χ1) is 40.8. The summed E-state index contributed by atoms with van der Waals surface area (Å²) in [6, 6.07) is 4.73. The third kappa shape index (κ3) is 15.1. The summed E-state index contributed by atoms with van der Waals surface area (Å²) in [5.41, 5.74) is 31.5. The van der Waals surface area contributed by atoms with E-state index in [1.54, 1.807) is 6.07 Å². The van der Waals surface area contributed by atoms with Gasteiger partial charge in [0, 0.05) is 50.5 Å². The van der Waals surface area contributed by atoms with Crippen LogP contribution >= 0.6 is 0 Å². The van der Waals surface area contributed by atoms with Gasteiger partial charge >= 0.3 is 5.97 Å². The zero-order valence-corrected chi connectivity index (χ0v) is 47.8. The standard InChI is InChI=1S/C58H83N15O12/c59-39(15-7-23-64-57(60)61)49(77)67-40(16-8-24-65-58(62)63)53(81)71-25-9-18-43(71)54(82)72-29-34(75)27-44(72)51(79)66-28-46(76)69-47(37-21-19-31-10-1-4-13-35(31)37)52(80)68-41(30-74)50(78)70-48(38-22-20-32-11-2-5-14-36(32)38)55(83)73-42-17-6-3-12-33(42)26-45(73)56(84)85/h1-2,4-5,10-11,13-14,33-34,37-45,47-48,74-75H,3,6-9,12,15-30,59H2,(H,66,79)(H,67,77)(H,68,80)(H,69,76)(H,70,78)(H,84,85)(H4,60,61,64)(H4,62,63,65)/t33-,34+,37?,38?,39+,40-,41-,42-,43-,44-,45-,47-,48+/m0/s1. The van der Waals surface area contributed by atoms with E-state index < -0.39 is 133 Å². The minimum atomic E-state index is -1.63. The molecule has 27 nitrogen and oxygen atoms in total. The highest BCUT2D eigenvalue weighted by molar-refractivity contribution is 5.98. The number of aliphatic hydroxyl groups excluding tert-OH is 2. The van der Waals surface area contributed by atoms with Crippen LogP contribution in [-0.4, -0.2) is 195 Å². The van der Waals surface area contributed by atoms with E-state index in [0.717, 1.165) is 41.5 Å². The molecule has 3 aliphatic heterocycles. The first-order valence-corrected chi connectivity index (χ1v) is 29.7. The molecule has 27 heteroatoms. The number of carbonyl (C=O) groups excluding carboxylic acids is 8. The summed E-state index contributed by atoms with van der Waals surface area (Å²) in [5.74, 6) is -8.29. The first kappa shape index (κ1) is 63.1. The molecule has 18 N–H and O–H groups in total. The number of hydrogen-bond acceptors (Lipinski definition) is 14. The van der Waals surface area contributed by atoms with E-state index in [1.807, 2.05) is 42.5 Å². The predicted molar refractivity (Wildman–Crippen MR) is 310 cm³/mol. The molecule has 2 aromatic carbocycles. The summed E-state index contributed by atoms with van der Waals surface area (Å²) in [6.45, 7) is -1.35. The fourth-order valence-corrected chi connectivity index (χ4v) is 13.6. The molecule has 6 aliphatic rings. The van der Waals surface area contributed by atoms with Gasteiger partial charge in [-0.3, -0.25) is 48.3 Å². The first-order valence-electron chi connectivity index (χ1n) is 29.7. The molecule has 3 heterocycles. The maximum absolute atomic E-state index is 15.0. The molecule has 0 bridgehead atoms. The molecular weight excluding hydrogens is 1100 g/mol. The number of β-amino-alcohol motifs (C(OH)–C–C–N with tert-alkyl or cyclic N) is 1. The summed E-state index contributed by atoms with van der Waals surface area (Å²) in [5, 5.41) is 45.6. The molecule has 462 valence electrons. The molecule has 2 unspecified atom stereocenters. The molecule has 8 rings (SSSR count). The molecule has 13 atom stereocenters. The van der Waals surface area contributed by atoms with Crippen LogP contribution in [0.2, 0.25) is 0 Å². The third-order valence-corrected chi connectivity index (χ3v) is 17.7. The molecule has 0 radical (unpaired) electrons. The molecule has 3 saturated heterocycles. The van der Waals surface area contributed by atoms with Crippen LogP contribution < -0.4 is 55.3 Å². The Morgan fingerprint density at radius 2 is 1.25 bits per heavy atom. The van der Waals surface area contributed by atoms with Crippen LogP contribution in [0.1, 0.15) is 124 Å². The summed E-state index contributed by atoms with van der Waals surface area (Å²) in [6.07, 6.45) is 5.70. The van der Waals surface area contributed by atoms with Crippen molar-refractivity contribution in [3.05, 3.63) is 70.8 Å². The summed E-state index contributed by atoms with van der Waals surface area (Å²) in [4.78, 5) is 139. The number of rotatable bonds is 25. The number of nitrogens with zero attached hydrogens (tertiary/aromatic N) is 5. The third-order valence-electron chi connectivity index (χ3n) is 17.7. The number of aliphatic carboxylic acids is 1. The minimum absolute atomic E-state index is 0.00544. The molecule has 4 fully saturated rings. The molecule has 1 saturated carbocycles. The Labute approximate surface area is 493 Å². The number of nitrogens with one attached hydrogen (secondary N) is 5. The van der Waals surface area contributed by atoms with Crippen LogP contribution in [0.3, 0.4) is 0 Å². The van der Waals surface area contributed by atoms with Crippen LogP contribution in [0.4, 0.5) is 0 Å². The van der Waals surface area contributed by atoms with Gasteiger partial charge in [0.2, 0.25) is 47.3 Å². The van der Waals surface area contributed by atoms with E-state index in [9.17, 15) is 58.5 Å². The van der Waals surface area contributed by atoms with E-state index in [1.165, 1.54) is 14.7 Å². The van der Waals surface area contributed by atoms with Gasteiger partial charge in [-0.15, -0.1) is 0 Å². The maximum atomic E-state index is 15.0. The second-order valence-electron chi connectivity index (χ2n) is 23.3. The van der Waals surface area contributed by atoms with Crippen molar-refractivity contribution in [1.82, 2.24) is 41.3 Å². The number of carboxylic acids is 1. The lowest BCUT2D eigenvalue weighted by Crippen LogP contribution is -2.61. The van der Waals surface area contributed by atoms with Crippen LogP contribution in [0, 0.1) is 5.92 Å². The number of aliphatic hydroxyl groups is 2. The van der Waals surface area contributed by atoms with Crippen molar-refractivity contribution in [2.45, 2.75) is 175 Å². The molecule has 2 aromatic rings. The van der Waals surface area contributed by atoms with Gasteiger partial charge in [-0.2, -0.15) is 0 Å². The Morgan fingerprint density at radius 1 is 0.635 bits per heavy atom. The summed E-state index contributed by atoms with van der Waals surface area (Å²) in [7, 11) is 0. The van der Waals surface area contributed by atoms with Gasteiger partial charge in [0.25, 0.3) is 0 Å². The number of aryl methyl sites for hydroxylation is 2. The highest BCUT2D eigenvalue weighted by atomic mass is 16.4. The van der Waals surface area contributed by atoms with Gasteiger partial charge in [0.15, 0.2) is 11.9 Å². The van der Waals surface area contributed by atoms with Crippen molar-refractivity contribution in [1.29, 1.82) is 0 Å². The predicted octanol–water partition coefficient (Wildman–Crippen LogP) is -2.87. The number of fused-ring (bicyclic) bond motifs is 3. The van der Waals surface area contributed by atoms with Crippen molar-refractivity contribution in [3.63, 3.8) is 0 Å². The normalized spacial score (nSPS) is 24.7. The molecule has 0 spiro atoms. The Kier molecular flexibility index (Phi) is 21.4. The van der Waals surface area contributed by atoms with Crippen LogP contribution in [0.25, 0.3) is 0 Å². The lowest BCUT2D eigenvalue weighted by Gasteiger charge is -2.37. The number of aliphatic imine (C=N–C) groups is 2. The van der Waals surface area contributed by atoms with E-state index in [4.69, 9.17) is 28.7 Å². The zero-order valence-electron chi connectivity index (χ0n) is 47.8. The van der Waals surface area contributed by atoms with Crippen molar-refractivity contribution in [3.8, 4) is 0 Å². The number of carbonyl (C=O) groups is 9. The largest absolute Gasteiger partial charge is 0.480 e. The van der Waals surface area contributed by atoms with Gasteiger partial charge in [-0.25, -0.2) is 4.79 Å². The van der Waals surface area contributed by atoms with Crippen molar-refractivity contribution < 1.29 is 58.5 Å². The monoisotopic (exact) mass is 1180 g/mol. The van der Waals surface area contributed by atoms with Crippen LogP contribution in [-0.2, 0) is 56.0 Å². The Hall–Kier alpha value is -7.91. The van der Waals surface area contributed by atoms with Crippen molar-refractivity contribution in [2.24, 2.45) is 44.6 Å². The smallest absolute Gasteiger partial charge is 0.326 e. The van der Waals surface area contributed by atoms with Crippen molar-refractivity contribution >= 4 is 65.1 Å². The Morgan fingerprint density at radius 3 is 1.88 bits per heavy atom. The van der Waals surface area contributed by atoms with Crippen molar-refractivity contribution in [2.75, 3.05) is 39.3 Å². The summed E-state index contributed by atoms with van der Waals surface area (Å²) < 4.78 is 0. The number of amides is 8. The number of likely N-dealkylation sites (tertiary alicyclic amines) is 3. The fraction of sp³-hybridized carbons (Fsp3) is 0.603. The molecular formula is C58H83N15O12. The molecule has 0 aromatic heterocycles. The van der Waals surface area contributed by atoms with Gasteiger partial charge in [0.05, 0.1) is 25.3 Å². The Bertz CT molecular complexity index is 2860. The lowest BCUT2D eigenvalue weighted by molar-refractivity contribution is -0.151. The minimum Gasteiger partial charge on any atom is -0.480 e. The lowest BCUT2D eigenvalue weighted by atomic mass is 9.84. The average Bonchev–Trinajstić information content (AvgIpc) is 1.88. The highest BCUT2D eigenvalue weighted by Crippen LogP contribution is 2.43. The molecule has 85 heavy (non-hydrogen) atoms. The number of carboxylic acid groups (broad SMARTS) is 1. The zero-order chi connectivity index (χ0) is 61.1. The molecule has 3 aliphatic carbocycles. The number of benzene rings is 2. The van der Waals surface area contributed by atoms with Gasteiger partial charge in [0.1, 0.15) is 42.3 Å². The van der Waals surface area contributed by atoms with E-state index >= 15 is 0 Å². The topological polar surface area (TPSA) is 439 Å². The van der Waals surface area contributed by atoms with Gasteiger partial charge in [-0.1, -0.05) is 61.4 Å². The quantitative estimate of drug-likeness (QED) is 0.0270. The van der Waals surface area contributed by atoms with Gasteiger partial charge in [-0.05, 0) is 112 Å². The fourth-order valence-electron chi connectivity index (χ4n) is 13.6. The molecule has 8 amide bonds.